The van der Waals surface area contributed by atoms with Crippen molar-refractivity contribution in [3.63, 3.8) is 0 Å². The maximum atomic E-state index is 11.3. The molecule has 3 fully saturated rings. The summed E-state index contributed by atoms with van der Waals surface area (Å²) in [4.78, 5) is 33.8. The summed E-state index contributed by atoms with van der Waals surface area (Å²) in [6, 6.07) is 0. The average molecular weight is 666 g/mol. The van der Waals surface area contributed by atoms with Gasteiger partial charge in [0.1, 0.15) is 0 Å². The van der Waals surface area contributed by atoms with Crippen molar-refractivity contribution >= 4 is 22.1 Å². The van der Waals surface area contributed by atoms with Gasteiger partial charge in [0.05, 0.1) is 0 Å². The molecule has 0 heterocycles. The van der Waals surface area contributed by atoms with Gasteiger partial charge in [0, 0.05) is 22.1 Å². The largest absolute Gasteiger partial charge is 3.00 e. The predicted octanol–water partition coefficient (Wildman–Crippen LogP) is 7.84. The minimum Gasteiger partial charge on any atom is -0.799 e. The third kappa shape index (κ3) is 20.9. The van der Waals surface area contributed by atoms with E-state index in [2.05, 4.69) is 0 Å². The van der Waals surface area contributed by atoms with E-state index in [-0.39, 0.29) is 17.1 Å². The van der Waals surface area contributed by atoms with E-state index in [9.17, 15) is 28.4 Å². The topological polar surface area (TPSA) is 120 Å². The SMILES string of the molecule is CCP(=O)([O-])CCC1CCCCC1.CCP(=O)([O-])CCC1CCCCC1.CCP(=O)([O-])CCC1CCCCC1.[Fe+3]. The zero-order chi connectivity index (χ0) is 29.2. The van der Waals surface area contributed by atoms with Crippen LogP contribution in [0.2, 0.25) is 0 Å². The molecule has 0 aliphatic heterocycles. The van der Waals surface area contributed by atoms with Crippen molar-refractivity contribution < 1.29 is 45.4 Å². The summed E-state index contributed by atoms with van der Waals surface area (Å²) >= 11 is 0. The number of hydrogen-bond acceptors (Lipinski definition) is 6. The normalized spacial score (nSPS) is 23.6. The maximum Gasteiger partial charge on any atom is 3.00 e. The summed E-state index contributed by atoms with van der Waals surface area (Å²) in [5, 5.41) is 0. The Bertz CT molecular complexity index is 663. The molecule has 40 heavy (non-hydrogen) atoms. The first-order chi connectivity index (χ1) is 18.4. The van der Waals surface area contributed by atoms with Crippen LogP contribution in [0.25, 0.3) is 0 Å². The average Bonchev–Trinajstić information content (AvgIpc) is 2.96. The van der Waals surface area contributed by atoms with Crippen LogP contribution in [-0.4, -0.2) is 37.0 Å². The summed E-state index contributed by atoms with van der Waals surface area (Å²) in [6.45, 7) is 5.23. The second-order valence-corrected chi connectivity index (χ2v) is 20.6. The van der Waals surface area contributed by atoms with Crippen LogP contribution in [0.4, 0.5) is 0 Å². The molecule has 3 saturated carbocycles. The summed E-state index contributed by atoms with van der Waals surface area (Å²) in [5.74, 6) is 2.09. The standard InChI is InChI=1S/3C10H21O2P.Fe/c3*1-2-13(11,12)9-8-10-6-4-3-5-7-10;/h3*10H,2-9H2,1H3,(H,11,12);/q;;;+3/p-3. The van der Waals surface area contributed by atoms with Crippen molar-refractivity contribution in [1.82, 2.24) is 0 Å². The van der Waals surface area contributed by atoms with E-state index in [0.29, 0.717) is 54.7 Å². The predicted molar refractivity (Wildman–Crippen MR) is 163 cm³/mol. The van der Waals surface area contributed by atoms with E-state index >= 15 is 0 Å². The Balaban J connectivity index is 0.000000563. The molecule has 0 spiro atoms. The molecule has 0 aromatic rings. The molecule has 3 atom stereocenters. The van der Waals surface area contributed by atoms with Gasteiger partial charge in [-0.05, 0) is 74.0 Å². The van der Waals surface area contributed by atoms with Gasteiger partial charge < -0.3 is 28.4 Å². The van der Waals surface area contributed by atoms with E-state index in [1.807, 2.05) is 0 Å². The van der Waals surface area contributed by atoms with Crippen LogP contribution >= 0.6 is 22.1 Å². The molecule has 3 aliphatic carbocycles. The summed E-state index contributed by atoms with van der Waals surface area (Å²) in [6.07, 6.45) is 24.4. The van der Waals surface area contributed by atoms with Gasteiger partial charge in [-0.1, -0.05) is 117 Å². The molecule has 10 heteroatoms. The van der Waals surface area contributed by atoms with E-state index in [0.717, 1.165) is 19.3 Å². The van der Waals surface area contributed by atoms with Crippen LogP contribution in [0.15, 0.2) is 0 Å². The second kappa shape index (κ2) is 22.6. The van der Waals surface area contributed by atoms with Crippen LogP contribution in [0.3, 0.4) is 0 Å². The Morgan fingerprint density at radius 2 is 0.650 bits per heavy atom. The molecule has 0 aromatic carbocycles. The molecule has 3 unspecified atom stereocenters. The Hall–Kier alpha value is 1.09. The monoisotopic (exact) mass is 665 g/mol. The van der Waals surface area contributed by atoms with Gasteiger partial charge in [-0.3, -0.25) is 0 Å². The van der Waals surface area contributed by atoms with Crippen LogP contribution in [0.1, 0.15) is 136 Å². The van der Waals surface area contributed by atoms with Gasteiger partial charge in [0.25, 0.3) is 0 Å². The Labute approximate surface area is 257 Å². The molecule has 3 rings (SSSR count). The van der Waals surface area contributed by atoms with Crippen LogP contribution in [-0.2, 0) is 30.8 Å². The molecule has 0 N–H and O–H groups in total. The minimum absolute atomic E-state index is 0. The summed E-state index contributed by atoms with van der Waals surface area (Å²) < 4.78 is 33.8. The van der Waals surface area contributed by atoms with Crippen molar-refractivity contribution in [3.8, 4) is 0 Å². The molecular formula is C30H60FeO6P3. The zero-order valence-electron chi connectivity index (χ0n) is 25.8. The molecule has 1 radical (unpaired) electrons. The first-order valence-electron chi connectivity index (χ1n) is 16.3. The third-order valence-electron chi connectivity index (χ3n) is 9.25. The summed E-state index contributed by atoms with van der Waals surface area (Å²) in [5.41, 5.74) is 0. The zero-order valence-corrected chi connectivity index (χ0v) is 29.6. The van der Waals surface area contributed by atoms with Gasteiger partial charge >= 0.3 is 17.1 Å². The molecular weight excluding hydrogens is 605 g/mol. The second-order valence-electron chi connectivity index (χ2n) is 12.4. The van der Waals surface area contributed by atoms with Gasteiger partial charge in [0.2, 0.25) is 0 Å². The van der Waals surface area contributed by atoms with Gasteiger partial charge in [-0.2, -0.15) is 0 Å². The van der Waals surface area contributed by atoms with Crippen LogP contribution in [0, 0.1) is 17.8 Å². The van der Waals surface area contributed by atoms with Crippen molar-refractivity contribution in [2.45, 2.75) is 136 Å². The molecule has 0 aromatic heterocycles. The van der Waals surface area contributed by atoms with Crippen molar-refractivity contribution in [2.24, 2.45) is 17.8 Å². The van der Waals surface area contributed by atoms with Gasteiger partial charge in [0.15, 0.2) is 0 Å². The number of hydrogen-bond donors (Lipinski definition) is 0. The Morgan fingerprint density at radius 1 is 0.450 bits per heavy atom. The summed E-state index contributed by atoms with van der Waals surface area (Å²) in [7, 11) is -8.97. The third-order valence-corrected chi connectivity index (χ3v) is 15.0. The molecule has 239 valence electrons. The fourth-order valence-corrected chi connectivity index (χ4v) is 9.26. The first-order valence-corrected chi connectivity index (χ1v) is 22.3. The van der Waals surface area contributed by atoms with Gasteiger partial charge in [-0.25, -0.2) is 0 Å². The molecule has 3 aliphatic rings. The van der Waals surface area contributed by atoms with E-state index in [4.69, 9.17) is 0 Å². The molecule has 0 saturated heterocycles. The van der Waals surface area contributed by atoms with Gasteiger partial charge in [-0.15, -0.1) is 0 Å². The maximum absolute atomic E-state index is 11.3. The van der Waals surface area contributed by atoms with Crippen LogP contribution in [0.5, 0.6) is 0 Å². The Morgan fingerprint density at radius 3 is 0.825 bits per heavy atom. The minimum atomic E-state index is -2.99. The van der Waals surface area contributed by atoms with Crippen molar-refractivity contribution in [3.05, 3.63) is 0 Å². The molecule has 6 nitrogen and oxygen atoms in total. The molecule has 0 bridgehead atoms. The van der Waals surface area contributed by atoms with Crippen LogP contribution < -0.4 is 14.7 Å². The van der Waals surface area contributed by atoms with Crippen molar-refractivity contribution in [2.75, 3.05) is 37.0 Å². The molecule has 0 amide bonds. The quantitative estimate of drug-likeness (QED) is 0.155. The fourth-order valence-electron chi connectivity index (χ4n) is 6.04. The van der Waals surface area contributed by atoms with E-state index in [1.165, 1.54) is 96.3 Å². The smallest absolute Gasteiger partial charge is 0.799 e. The Kier molecular flexibility index (Phi) is 23.2. The number of rotatable bonds is 12. The fraction of sp³-hybridized carbons (Fsp3) is 1.00. The first kappa shape index (κ1) is 41.1. The van der Waals surface area contributed by atoms with E-state index < -0.39 is 22.1 Å². The van der Waals surface area contributed by atoms with E-state index in [1.54, 1.807) is 20.8 Å². The van der Waals surface area contributed by atoms with Crippen molar-refractivity contribution in [1.29, 1.82) is 0 Å².